The first kappa shape index (κ1) is 35.4. The van der Waals surface area contributed by atoms with Gasteiger partial charge in [0.1, 0.15) is 11.2 Å². The molecule has 14 nitrogen and oxygen atoms in total. The van der Waals surface area contributed by atoms with Crippen molar-refractivity contribution in [1.29, 1.82) is 0 Å². The molecule has 0 radical (unpaired) electrons. The zero-order valence-electron chi connectivity index (χ0n) is 27.6. The second kappa shape index (κ2) is 11.7. The monoisotopic (exact) mass is 609 g/mol. The highest BCUT2D eigenvalue weighted by molar-refractivity contribution is 6.14. The molecular formula is C29H47N5O9. The van der Waals surface area contributed by atoms with Crippen LogP contribution in [0.2, 0.25) is 0 Å². The normalized spacial score (nSPS) is 22.3. The molecule has 2 aliphatic rings. The van der Waals surface area contributed by atoms with Crippen molar-refractivity contribution in [3.8, 4) is 0 Å². The van der Waals surface area contributed by atoms with Gasteiger partial charge in [-0.1, -0.05) is 20.8 Å². The van der Waals surface area contributed by atoms with Gasteiger partial charge in [0.25, 0.3) is 0 Å². The van der Waals surface area contributed by atoms with Crippen LogP contribution in [0.5, 0.6) is 0 Å². The van der Waals surface area contributed by atoms with E-state index in [9.17, 15) is 24.0 Å². The molecule has 2 aliphatic heterocycles. The Morgan fingerprint density at radius 2 is 1.02 bits per heavy atom. The first-order valence-corrected chi connectivity index (χ1v) is 14.1. The Hall–Kier alpha value is -3.81. The van der Waals surface area contributed by atoms with Crippen LogP contribution in [0.25, 0.3) is 0 Å². The minimum Gasteiger partial charge on any atom is -0.463 e. The van der Waals surface area contributed by atoms with Crippen LogP contribution in [0.3, 0.4) is 0 Å². The summed E-state index contributed by atoms with van der Waals surface area (Å²) in [6.07, 6.45) is -1.98. The van der Waals surface area contributed by atoms with Crippen LogP contribution in [-0.2, 0) is 33.3 Å². The predicted molar refractivity (Wildman–Crippen MR) is 155 cm³/mol. The maximum atomic E-state index is 14.8. The van der Waals surface area contributed by atoms with Crippen molar-refractivity contribution >= 4 is 29.9 Å². The fourth-order valence-corrected chi connectivity index (χ4v) is 5.29. The van der Waals surface area contributed by atoms with Crippen LogP contribution < -0.4 is 16.6 Å². The molecule has 2 amide bonds. The van der Waals surface area contributed by atoms with Crippen LogP contribution in [-0.4, -0.2) is 70.1 Å². The highest BCUT2D eigenvalue weighted by atomic mass is 16.6. The molecule has 4 N–H and O–H groups in total. The molecule has 0 saturated heterocycles. The molecule has 0 unspecified atom stereocenters. The third-order valence-electron chi connectivity index (χ3n) is 6.56. The Bertz CT molecular complexity index is 1170. The number of hydrogen-bond donors (Lipinski definition) is 3. The summed E-state index contributed by atoms with van der Waals surface area (Å²) >= 11 is 0. The van der Waals surface area contributed by atoms with E-state index in [-0.39, 0.29) is 35.8 Å². The Kier molecular flexibility index (Phi) is 9.63. The van der Waals surface area contributed by atoms with Crippen molar-refractivity contribution in [1.82, 2.24) is 20.9 Å². The average Bonchev–Trinajstić information content (AvgIpc) is 3.10. The molecule has 0 atom stereocenters. The fraction of sp³-hybridized carbons (Fsp3) is 0.690. The van der Waals surface area contributed by atoms with E-state index >= 15 is 0 Å². The Balaban J connectivity index is 3.11. The van der Waals surface area contributed by atoms with E-state index in [4.69, 9.17) is 24.7 Å². The minimum atomic E-state index is -2.39. The maximum Gasteiger partial charge on any atom is 0.426 e. The second-order valence-electron chi connectivity index (χ2n) is 13.3. The molecule has 0 saturated carbocycles. The zero-order valence-corrected chi connectivity index (χ0v) is 27.6. The van der Waals surface area contributed by atoms with E-state index in [1.807, 2.05) is 0 Å². The van der Waals surface area contributed by atoms with Gasteiger partial charge < -0.3 is 18.9 Å². The number of amides is 2. The molecule has 2 heterocycles. The van der Waals surface area contributed by atoms with Gasteiger partial charge in [0.2, 0.25) is 5.79 Å². The summed E-state index contributed by atoms with van der Waals surface area (Å²) < 4.78 is 21.7. The van der Waals surface area contributed by atoms with E-state index in [0.29, 0.717) is 0 Å². The molecule has 2 rings (SSSR count). The van der Waals surface area contributed by atoms with Crippen LogP contribution in [0.15, 0.2) is 22.5 Å². The van der Waals surface area contributed by atoms with Crippen molar-refractivity contribution in [2.24, 2.45) is 16.6 Å². The number of ether oxygens (including phenoxy) is 4. The molecule has 43 heavy (non-hydrogen) atoms. The lowest BCUT2D eigenvalue weighted by molar-refractivity contribution is -0.157. The summed E-state index contributed by atoms with van der Waals surface area (Å²) in [7, 11) is 0. The van der Waals surface area contributed by atoms with Gasteiger partial charge in [-0.25, -0.2) is 40.0 Å². The van der Waals surface area contributed by atoms with Gasteiger partial charge in [0.15, 0.2) is 11.2 Å². The summed E-state index contributed by atoms with van der Waals surface area (Å²) in [5.41, 5.74) is 6.11. The quantitative estimate of drug-likeness (QED) is 0.283. The molecule has 0 aromatic carbocycles. The molecule has 0 aromatic rings. The van der Waals surface area contributed by atoms with Crippen molar-refractivity contribution in [3.63, 3.8) is 0 Å². The highest BCUT2D eigenvalue weighted by Crippen LogP contribution is 2.62. The third kappa shape index (κ3) is 6.29. The molecule has 0 aliphatic carbocycles. The number of hydrogen-bond acceptors (Lipinski definition) is 12. The van der Waals surface area contributed by atoms with Gasteiger partial charge in [-0.05, 0) is 69.2 Å². The Labute approximate surface area is 253 Å². The highest BCUT2D eigenvalue weighted by Gasteiger charge is 2.78. The lowest BCUT2D eigenvalue weighted by atomic mass is 9.62. The maximum absolute atomic E-state index is 14.8. The first-order valence-electron chi connectivity index (χ1n) is 14.1. The fourth-order valence-electron chi connectivity index (χ4n) is 5.29. The summed E-state index contributed by atoms with van der Waals surface area (Å²) in [6, 6.07) is 0. The number of fused-ring (bicyclic) bond motifs is 1. The van der Waals surface area contributed by atoms with E-state index < -0.39 is 57.7 Å². The lowest BCUT2D eigenvalue weighted by Crippen LogP contribution is -2.77. The molecule has 0 bridgehead atoms. The number of rotatable bonds is 7. The van der Waals surface area contributed by atoms with E-state index in [2.05, 4.69) is 10.9 Å². The topological polar surface area (TPSA) is 179 Å². The van der Waals surface area contributed by atoms with E-state index in [0.717, 1.165) is 10.0 Å². The Morgan fingerprint density at radius 1 is 0.698 bits per heavy atom. The second-order valence-corrected chi connectivity index (χ2v) is 13.3. The lowest BCUT2D eigenvalue weighted by Gasteiger charge is -2.49. The van der Waals surface area contributed by atoms with Crippen LogP contribution in [0.1, 0.15) is 90.0 Å². The number of carbonyl (C=O) groups excluding carboxylic acids is 5. The number of Topliss-reactive ketones (excluding diaryl/α,β-unsaturated/α-hetero) is 1. The zero-order chi connectivity index (χ0) is 33.5. The third-order valence-corrected chi connectivity index (χ3v) is 6.56. The minimum absolute atomic E-state index is 0.0327. The largest absolute Gasteiger partial charge is 0.463 e. The molecule has 242 valence electrons. The van der Waals surface area contributed by atoms with Crippen LogP contribution in [0.4, 0.5) is 9.59 Å². The van der Waals surface area contributed by atoms with Gasteiger partial charge in [0, 0.05) is 16.8 Å². The van der Waals surface area contributed by atoms with E-state index in [1.54, 1.807) is 76.2 Å². The SMILES string of the molecule is CCOC(=O)C1=C(C)N(NC(=O)OC(C)(C)C)C2(N)N(NC(=O)OC(C)(C)C)C(C)=C(C(=O)OCC)C12C(=O)C(C)(C)C. The number of ketones is 1. The van der Waals surface area contributed by atoms with Gasteiger partial charge in [-0.15, -0.1) is 0 Å². The summed E-state index contributed by atoms with van der Waals surface area (Å²) in [5, 5.41) is 2.06. The van der Waals surface area contributed by atoms with Crippen LogP contribution in [0, 0.1) is 10.8 Å². The number of nitrogens with zero attached hydrogens (tertiary/aromatic N) is 2. The molecule has 0 spiro atoms. The number of esters is 2. The summed E-state index contributed by atoms with van der Waals surface area (Å²) in [4.78, 5) is 68.8. The number of allylic oxidation sites excluding steroid dienone is 2. The Morgan fingerprint density at radius 3 is 1.28 bits per heavy atom. The number of nitrogens with one attached hydrogen (secondary N) is 2. The van der Waals surface area contributed by atoms with Gasteiger partial charge >= 0.3 is 24.1 Å². The van der Waals surface area contributed by atoms with Gasteiger partial charge in [0.05, 0.1) is 24.4 Å². The molecule has 14 heteroatoms. The van der Waals surface area contributed by atoms with Crippen molar-refractivity contribution in [2.75, 3.05) is 13.2 Å². The van der Waals surface area contributed by atoms with Gasteiger partial charge in [-0.2, -0.15) is 0 Å². The van der Waals surface area contributed by atoms with E-state index in [1.165, 1.54) is 13.8 Å². The number of nitrogens with two attached hydrogens (primary N) is 1. The molecular weight excluding hydrogens is 562 g/mol. The van der Waals surface area contributed by atoms with Crippen molar-refractivity contribution in [3.05, 3.63) is 22.5 Å². The van der Waals surface area contributed by atoms with Crippen LogP contribution >= 0.6 is 0 Å². The van der Waals surface area contributed by atoms with Crippen molar-refractivity contribution in [2.45, 2.75) is 107 Å². The number of hydrazine groups is 2. The summed E-state index contributed by atoms with van der Waals surface area (Å²) in [6.45, 7) is 20.5. The number of carbonyl (C=O) groups is 5. The predicted octanol–water partition coefficient (Wildman–Crippen LogP) is 3.39. The standard InChI is InChI=1S/C29H47N5O9/c1-14-40-20(35)18-16(3)33(31-23(38)42-26(8,9)10)29(30)28(18,22(37)25(5,6)7)19(21(36)41-15-2)17(4)34(29)32-24(39)43-27(11,12)13/h14-15,30H2,1-13H3,(H,31,38)(H,32,39). The smallest absolute Gasteiger partial charge is 0.426 e. The van der Waals surface area contributed by atoms with Gasteiger partial charge in [-0.3, -0.25) is 10.5 Å². The average molecular weight is 610 g/mol. The molecule has 0 fully saturated rings. The summed E-state index contributed by atoms with van der Waals surface area (Å²) in [5.74, 6) is -5.00. The molecule has 0 aromatic heterocycles. The van der Waals surface area contributed by atoms with Crippen molar-refractivity contribution < 1.29 is 42.9 Å². The first-order chi connectivity index (χ1) is 19.4.